The molecule has 0 unspecified atom stereocenters. The van der Waals surface area contributed by atoms with Crippen molar-refractivity contribution in [3.63, 3.8) is 0 Å². The number of carbonyl (C=O) groups is 1. The van der Waals surface area contributed by atoms with E-state index in [0.29, 0.717) is 28.3 Å². The zero-order valence-electron chi connectivity index (χ0n) is 15.4. The number of pyridine rings is 1. The minimum atomic E-state index is -0.674. The number of aromatic nitrogens is 1. The summed E-state index contributed by atoms with van der Waals surface area (Å²) in [7, 11) is 0. The van der Waals surface area contributed by atoms with Crippen LogP contribution in [-0.4, -0.2) is 16.1 Å². The minimum absolute atomic E-state index is 0.0242. The van der Waals surface area contributed by atoms with Gasteiger partial charge in [-0.3, -0.25) is 14.2 Å². The summed E-state index contributed by atoms with van der Waals surface area (Å²) in [5.41, 5.74) is 1.73. The van der Waals surface area contributed by atoms with E-state index < -0.39 is 11.2 Å². The van der Waals surface area contributed by atoms with Crippen molar-refractivity contribution in [1.82, 2.24) is 4.57 Å². The number of ether oxygens (including phenoxy) is 1. The highest BCUT2D eigenvalue weighted by Crippen LogP contribution is 2.41. The van der Waals surface area contributed by atoms with Crippen LogP contribution in [0.5, 0.6) is 5.75 Å². The number of hydrogen-bond donors (Lipinski definition) is 1. The van der Waals surface area contributed by atoms with Crippen molar-refractivity contribution in [3.8, 4) is 11.8 Å². The molecule has 1 aromatic carbocycles. The van der Waals surface area contributed by atoms with Crippen molar-refractivity contribution in [2.45, 2.75) is 33.3 Å². The number of nitrogens with one attached hydrogen (secondary N) is 1. The molecule has 6 nitrogen and oxygen atoms in total. The zero-order valence-corrected chi connectivity index (χ0v) is 16.1. The maximum Gasteiger partial charge on any atom is 0.274 e. The molecular formula is C20H18ClN3O3. The van der Waals surface area contributed by atoms with Gasteiger partial charge in [-0.2, -0.15) is 5.26 Å². The number of carbonyl (C=O) groups excluding carboxylic acids is 1. The molecule has 1 amide bonds. The summed E-state index contributed by atoms with van der Waals surface area (Å²) < 4.78 is 7.46. The second-order valence-corrected chi connectivity index (χ2v) is 7.25. The number of benzene rings is 1. The Kier molecular flexibility index (Phi) is 4.58. The van der Waals surface area contributed by atoms with Crippen LogP contribution in [0.4, 0.5) is 5.69 Å². The van der Waals surface area contributed by atoms with E-state index in [9.17, 15) is 14.9 Å². The maximum absolute atomic E-state index is 12.8. The lowest BCUT2D eigenvalue weighted by atomic mass is 9.90. The Morgan fingerprint density at radius 3 is 2.67 bits per heavy atom. The molecule has 0 saturated heterocycles. The number of nitrogens with zero attached hydrogens (tertiary/aromatic N) is 2. The summed E-state index contributed by atoms with van der Waals surface area (Å²) >= 11 is 6.14. The molecule has 0 spiro atoms. The number of amides is 1. The largest absolute Gasteiger partial charge is 0.483 e. The molecule has 0 bridgehead atoms. The average molecular weight is 384 g/mol. The van der Waals surface area contributed by atoms with Gasteiger partial charge >= 0.3 is 0 Å². The van der Waals surface area contributed by atoms with E-state index in [2.05, 4.69) is 11.4 Å². The molecular weight excluding hydrogens is 366 g/mol. The molecule has 7 heteroatoms. The van der Waals surface area contributed by atoms with Crippen molar-refractivity contribution < 1.29 is 9.53 Å². The first-order valence-corrected chi connectivity index (χ1v) is 8.67. The van der Waals surface area contributed by atoms with Gasteiger partial charge in [-0.15, -0.1) is 0 Å². The molecule has 3 rings (SSSR count). The molecule has 1 aliphatic heterocycles. The molecule has 1 aliphatic rings. The summed E-state index contributed by atoms with van der Waals surface area (Å²) in [4.78, 5) is 24.2. The Hall–Kier alpha value is -3.04. The van der Waals surface area contributed by atoms with E-state index >= 15 is 0 Å². The molecule has 0 radical (unpaired) electrons. The predicted molar refractivity (Wildman–Crippen MR) is 104 cm³/mol. The normalized spacial score (nSPS) is 14.8. The van der Waals surface area contributed by atoms with E-state index in [4.69, 9.17) is 16.3 Å². The first-order chi connectivity index (χ1) is 12.6. The van der Waals surface area contributed by atoms with Crippen LogP contribution in [0.15, 0.2) is 40.8 Å². The van der Waals surface area contributed by atoms with Crippen molar-refractivity contribution >= 4 is 28.9 Å². The first kappa shape index (κ1) is 18.7. The third-order valence-electron chi connectivity index (χ3n) is 4.52. The number of anilines is 1. The first-order valence-electron chi connectivity index (χ1n) is 8.29. The topological polar surface area (TPSA) is 84.1 Å². The average Bonchev–Trinajstić information content (AvgIpc) is 2.58. The molecule has 1 N–H and O–H groups in total. The van der Waals surface area contributed by atoms with Crippen LogP contribution in [0.25, 0.3) is 5.70 Å². The third-order valence-corrected chi connectivity index (χ3v) is 4.79. The van der Waals surface area contributed by atoms with Gasteiger partial charge in [-0.05, 0) is 50.6 Å². The fourth-order valence-corrected chi connectivity index (χ4v) is 3.22. The standard InChI is InChI=1S/C20H18ClN3O3/c1-11-18(24-10-14(23-12(2)25)8-16(21)19(24)26)15-7-13(9-22)5-6-17(15)27-20(11,3)4/h5-8,10H,1-4H3,(H,23,25). The molecule has 0 atom stereocenters. The number of hydrogen-bond acceptors (Lipinski definition) is 4. The molecule has 2 heterocycles. The molecule has 27 heavy (non-hydrogen) atoms. The van der Waals surface area contributed by atoms with Crippen molar-refractivity contribution in [3.05, 3.63) is 62.5 Å². The Morgan fingerprint density at radius 1 is 1.33 bits per heavy atom. The number of nitriles is 1. The van der Waals surface area contributed by atoms with Gasteiger partial charge in [0.1, 0.15) is 16.4 Å². The highest BCUT2D eigenvalue weighted by atomic mass is 35.5. The van der Waals surface area contributed by atoms with E-state index in [1.807, 2.05) is 20.8 Å². The summed E-state index contributed by atoms with van der Waals surface area (Å²) in [5, 5.41) is 11.9. The molecule has 2 aromatic rings. The lowest BCUT2D eigenvalue weighted by molar-refractivity contribution is -0.114. The van der Waals surface area contributed by atoms with Crippen LogP contribution >= 0.6 is 11.6 Å². The SMILES string of the molecule is CC(=O)Nc1cc(Cl)c(=O)n(C2=C(C)C(C)(C)Oc3ccc(C#N)cc32)c1. The number of halogens is 1. The predicted octanol–water partition coefficient (Wildman–Crippen LogP) is 3.78. The Balaban J connectivity index is 2.35. The third kappa shape index (κ3) is 3.34. The number of fused-ring (bicyclic) bond motifs is 1. The van der Waals surface area contributed by atoms with Crippen LogP contribution in [0.1, 0.15) is 38.8 Å². The quantitative estimate of drug-likeness (QED) is 0.855. The molecule has 0 aliphatic carbocycles. The lowest BCUT2D eigenvalue weighted by Gasteiger charge is -2.36. The fourth-order valence-electron chi connectivity index (χ4n) is 3.01. The van der Waals surface area contributed by atoms with Gasteiger partial charge in [0.25, 0.3) is 5.56 Å². The molecule has 0 saturated carbocycles. The summed E-state index contributed by atoms with van der Waals surface area (Å²) in [6, 6.07) is 8.56. The van der Waals surface area contributed by atoms with Gasteiger partial charge in [0.15, 0.2) is 0 Å². The van der Waals surface area contributed by atoms with Crippen molar-refractivity contribution in [2.75, 3.05) is 5.32 Å². The fraction of sp³-hybridized carbons (Fsp3) is 0.250. The minimum Gasteiger partial charge on any atom is -0.483 e. The van der Waals surface area contributed by atoms with Crippen LogP contribution in [0, 0.1) is 11.3 Å². The highest BCUT2D eigenvalue weighted by Gasteiger charge is 2.34. The van der Waals surface area contributed by atoms with Gasteiger partial charge in [0.05, 0.1) is 23.0 Å². The Bertz CT molecular complexity index is 1090. The molecule has 1 aromatic heterocycles. The van der Waals surface area contributed by atoms with Crippen molar-refractivity contribution in [2.24, 2.45) is 0 Å². The molecule has 138 valence electrons. The van der Waals surface area contributed by atoms with Crippen LogP contribution in [0.3, 0.4) is 0 Å². The summed E-state index contributed by atoms with van der Waals surface area (Å²) in [5.74, 6) is 0.286. The lowest BCUT2D eigenvalue weighted by Crippen LogP contribution is -2.36. The van der Waals surface area contributed by atoms with Gasteiger partial charge in [0.2, 0.25) is 5.91 Å². The smallest absolute Gasteiger partial charge is 0.274 e. The summed E-state index contributed by atoms with van der Waals surface area (Å²) in [6.07, 6.45) is 1.53. The number of rotatable bonds is 2. The highest BCUT2D eigenvalue weighted by molar-refractivity contribution is 6.30. The summed E-state index contributed by atoms with van der Waals surface area (Å²) in [6.45, 7) is 7.03. The second kappa shape index (κ2) is 6.60. The molecule has 0 fully saturated rings. The van der Waals surface area contributed by atoms with Gasteiger partial charge < -0.3 is 10.1 Å². The Morgan fingerprint density at radius 2 is 2.04 bits per heavy atom. The van der Waals surface area contributed by atoms with Gasteiger partial charge in [-0.25, -0.2) is 0 Å². The van der Waals surface area contributed by atoms with Crippen LogP contribution < -0.4 is 15.6 Å². The van der Waals surface area contributed by atoms with E-state index in [1.165, 1.54) is 23.8 Å². The van der Waals surface area contributed by atoms with Gasteiger partial charge in [-0.1, -0.05) is 11.6 Å². The van der Waals surface area contributed by atoms with Crippen LogP contribution in [0.2, 0.25) is 5.02 Å². The zero-order chi connectivity index (χ0) is 19.9. The van der Waals surface area contributed by atoms with E-state index in [-0.39, 0.29) is 10.9 Å². The second-order valence-electron chi connectivity index (χ2n) is 6.84. The maximum atomic E-state index is 12.8. The van der Waals surface area contributed by atoms with Crippen LogP contribution in [-0.2, 0) is 4.79 Å². The van der Waals surface area contributed by atoms with Crippen molar-refractivity contribution in [1.29, 1.82) is 5.26 Å². The Labute approximate surface area is 161 Å². The monoisotopic (exact) mass is 383 g/mol. The van der Waals surface area contributed by atoms with Gasteiger partial charge in [0, 0.05) is 18.7 Å². The van der Waals surface area contributed by atoms with E-state index in [0.717, 1.165) is 5.57 Å². The van der Waals surface area contributed by atoms with E-state index in [1.54, 1.807) is 18.2 Å².